The molecule has 0 radical (unpaired) electrons. The summed E-state index contributed by atoms with van der Waals surface area (Å²) in [6, 6.07) is 5.80. The van der Waals surface area contributed by atoms with Crippen molar-refractivity contribution in [1.82, 2.24) is 9.97 Å². The van der Waals surface area contributed by atoms with E-state index >= 15 is 0 Å². The number of aromatic nitrogens is 2. The predicted molar refractivity (Wildman–Crippen MR) is 70.2 cm³/mol. The Hall–Kier alpha value is -1.60. The molecule has 2 aromatic rings. The van der Waals surface area contributed by atoms with E-state index in [-0.39, 0.29) is 6.04 Å². The highest BCUT2D eigenvalue weighted by atomic mass is 32.2. The molecule has 0 aliphatic carbocycles. The van der Waals surface area contributed by atoms with Crippen molar-refractivity contribution in [3.8, 4) is 0 Å². The van der Waals surface area contributed by atoms with Crippen LogP contribution in [0.2, 0.25) is 0 Å². The number of halogens is 3. The maximum Gasteiger partial charge on any atom is 0.417 e. The Bertz CT molecular complexity index is 565. The molecule has 0 unspecified atom stereocenters. The van der Waals surface area contributed by atoms with Gasteiger partial charge in [0.25, 0.3) is 0 Å². The van der Waals surface area contributed by atoms with Crippen molar-refractivity contribution in [2.45, 2.75) is 29.1 Å². The molecule has 20 heavy (non-hydrogen) atoms. The molecule has 0 fully saturated rings. The number of nitrogens with zero attached hydrogens (tertiary/aromatic N) is 2. The first kappa shape index (κ1) is 14.8. The summed E-state index contributed by atoms with van der Waals surface area (Å²) < 4.78 is 37.2. The Labute approximate surface area is 118 Å². The molecule has 0 aliphatic rings. The van der Waals surface area contributed by atoms with Crippen molar-refractivity contribution >= 4 is 11.8 Å². The van der Waals surface area contributed by atoms with Crippen molar-refractivity contribution in [2.24, 2.45) is 5.73 Å². The van der Waals surface area contributed by atoms with Crippen LogP contribution in [-0.2, 0) is 6.18 Å². The summed E-state index contributed by atoms with van der Waals surface area (Å²) in [5.41, 5.74) is 5.69. The van der Waals surface area contributed by atoms with Crippen LogP contribution in [0.1, 0.15) is 24.2 Å². The Morgan fingerprint density at radius 3 is 2.30 bits per heavy atom. The molecular formula is C13H12F3N3S. The third-order valence-corrected chi connectivity index (χ3v) is 3.44. The number of alkyl halides is 3. The molecule has 0 saturated carbocycles. The van der Waals surface area contributed by atoms with Gasteiger partial charge in [-0.25, -0.2) is 4.98 Å². The van der Waals surface area contributed by atoms with Gasteiger partial charge >= 0.3 is 6.18 Å². The van der Waals surface area contributed by atoms with Gasteiger partial charge in [-0.15, -0.1) is 0 Å². The summed E-state index contributed by atoms with van der Waals surface area (Å²) in [6.45, 7) is 1.83. The van der Waals surface area contributed by atoms with E-state index in [1.165, 1.54) is 17.8 Å². The molecule has 0 spiro atoms. The van der Waals surface area contributed by atoms with Gasteiger partial charge in [-0.2, -0.15) is 13.2 Å². The summed E-state index contributed by atoms with van der Waals surface area (Å²) in [7, 11) is 0. The van der Waals surface area contributed by atoms with Crippen molar-refractivity contribution in [1.29, 1.82) is 0 Å². The molecule has 3 nitrogen and oxygen atoms in total. The van der Waals surface area contributed by atoms with Crippen molar-refractivity contribution in [3.05, 3.63) is 47.9 Å². The fourth-order valence-corrected chi connectivity index (χ4v) is 2.18. The number of hydrogen-bond donors (Lipinski definition) is 1. The van der Waals surface area contributed by atoms with Gasteiger partial charge in [0.1, 0.15) is 5.03 Å². The smallest absolute Gasteiger partial charge is 0.323 e. The van der Waals surface area contributed by atoms with E-state index in [9.17, 15) is 13.2 Å². The zero-order valence-corrected chi connectivity index (χ0v) is 11.4. The van der Waals surface area contributed by atoms with Crippen LogP contribution >= 0.6 is 11.8 Å². The monoisotopic (exact) mass is 299 g/mol. The second kappa shape index (κ2) is 5.80. The maximum absolute atomic E-state index is 12.4. The van der Waals surface area contributed by atoms with Crippen LogP contribution in [0.15, 0.2) is 46.6 Å². The van der Waals surface area contributed by atoms with Crippen LogP contribution in [0.3, 0.4) is 0 Å². The first-order valence-electron chi connectivity index (χ1n) is 5.79. The minimum atomic E-state index is -4.36. The molecule has 0 bridgehead atoms. The summed E-state index contributed by atoms with van der Waals surface area (Å²) in [5, 5.41) is 0.480. The molecule has 1 atom stereocenters. The Morgan fingerprint density at radius 2 is 1.85 bits per heavy atom. The number of hydrogen-bond acceptors (Lipinski definition) is 4. The normalized spacial score (nSPS) is 13.2. The first-order valence-corrected chi connectivity index (χ1v) is 6.60. The average Bonchev–Trinajstić information content (AvgIpc) is 2.39. The van der Waals surface area contributed by atoms with Gasteiger partial charge in [0, 0.05) is 23.3 Å². The quantitative estimate of drug-likeness (QED) is 0.939. The van der Waals surface area contributed by atoms with Crippen molar-refractivity contribution < 1.29 is 13.2 Å². The molecule has 2 heterocycles. The molecule has 2 aromatic heterocycles. The molecule has 0 aromatic carbocycles. The maximum atomic E-state index is 12.4. The molecule has 2 N–H and O–H groups in total. The fraction of sp³-hybridized carbons (Fsp3) is 0.231. The van der Waals surface area contributed by atoms with Gasteiger partial charge in [0.15, 0.2) is 0 Å². The van der Waals surface area contributed by atoms with E-state index in [0.717, 1.165) is 22.9 Å². The minimum absolute atomic E-state index is 0.154. The van der Waals surface area contributed by atoms with Crippen LogP contribution in [0.4, 0.5) is 13.2 Å². The van der Waals surface area contributed by atoms with Gasteiger partial charge in [0.2, 0.25) is 0 Å². The second-order valence-electron chi connectivity index (χ2n) is 4.19. The molecule has 0 saturated heterocycles. The summed E-state index contributed by atoms with van der Waals surface area (Å²) in [6.07, 6.45) is -1.91. The van der Waals surface area contributed by atoms with E-state index in [0.29, 0.717) is 5.03 Å². The lowest BCUT2D eigenvalue weighted by atomic mass is 10.2. The van der Waals surface area contributed by atoms with Gasteiger partial charge in [-0.05, 0) is 31.2 Å². The lowest BCUT2D eigenvalue weighted by Gasteiger charge is -2.07. The summed E-state index contributed by atoms with van der Waals surface area (Å²) >= 11 is 1.25. The number of pyridine rings is 2. The highest BCUT2D eigenvalue weighted by Gasteiger charge is 2.30. The van der Waals surface area contributed by atoms with E-state index in [2.05, 4.69) is 9.97 Å². The molecule has 7 heteroatoms. The summed E-state index contributed by atoms with van der Waals surface area (Å²) in [5.74, 6) is 0. The predicted octanol–water partition coefficient (Wildman–Crippen LogP) is 3.67. The van der Waals surface area contributed by atoms with Gasteiger partial charge in [0.05, 0.1) is 11.3 Å². The van der Waals surface area contributed by atoms with E-state index in [1.807, 2.05) is 13.0 Å². The number of nitrogens with two attached hydrogens (primary N) is 1. The zero-order chi connectivity index (χ0) is 14.8. The molecule has 0 aliphatic heterocycles. The van der Waals surface area contributed by atoms with Crippen LogP contribution in [0.25, 0.3) is 0 Å². The van der Waals surface area contributed by atoms with E-state index < -0.39 is 11.7 Å². The Balaban J connectivity index is 2.10. The third kappa shape index (κ3) is 3.71. The highest BCUT2D eigenvalue weighted by molar-refractivity contribution is 7.99. The average molecular weight is 299 g/mol. The SMILES string of the molecule is C[C@H](N)c1ccc(Sc2ccc(C(F)(F)F)cn2)cn1. The van der Waals surface area contributed by atoms with Crippen LogP contribution in [-0.4, -0.2) is 9.97 Å². The lowest BCUT2D eigenvalue weighted by Crippen LogP contribution is -2.06. The zero-order valence-electron chi connectivity index (χ0n) is 10.6. The van der Waals surface area contributed by atoms with Gasteiger partial charge < -0.3 is 5.73 Å². The minimum Gasteiger partial charge on any atom is -0.323 e. The topological polar surface area (TPSA) is 51.8 Å². The van der Waals surface area contributed by atoms with Gasteiger partial charge in [-0.3, -0.25) is 4.98 Å². The number of rotatable bonds is 3. The molecule has 106 valence electrons. The van der Waals surface area contributed by atoms with Crippen molar-refractivity contribution in [2.75, 3.05) is 0 Å². The van der Waals surface area contributed by atoms with Crippen LogP contribution in [0, 0.1) is 0 Å². The van der Waals surface area contributed by atoms with Gasteiger partial charge in [-0.1, -0.05) is 11.8 Å². The summed E-state index contributed by atoms with van der Waals surface area (Å²) in [4.78, 5) is 8.76. The molecule has 2 rings (SSSR count). The second-order valence-corrected chi connectivity index (χ2v) is 5.29. The standard InChI is InChI=1S/C13H12F3N3S/c1-8(17)11-4-3-10(7-18-11)20-12-5-2-9(6-19-12)13(14,15)16/h2-8H,17H2,1H3/t8-/m0/s1. The van der Waals surface area contributed by atoms with Crippen LogP contribution in [0.5, 0.6) is 0 Å². The molecular weight excluding hydrogens is 287 g/mol. The largest absolute Gasteiger partial charge is 0.417 e. The van der Waals surface area contributed by atoms with Crippen molar-refractivity contribution in [3.63, 3.8) is 0 Å². The first-order chi connectivity index (χ1) is 9.36. The third-order valence-electron chi connectivity index (χ3n) is 2.51. The van der Waals surface area contributed by atoms with E-state index in [1.54, 1.807) is 12.3 Å². The molecule has 0 amide bonds. The Morgan fingerprint density at radius 1 is 1.10 bits per heavy atom. The Kier molecular flexibility index (Phi) is 4.29. The van der Waals surface area contributed by atoms with Crippen LogP contribution < -0.4 is 5.73 Å². The lowest BCUT2D eigenvalue weighted by molar-refractivity contribution is -0.137. The van der Waals surface area contributed by atoms with E-state index in [4.69, 9.17) is 5.73 Å². The highest BCUT2D eigenvalue weighted by Crippen LogP contribution is 2.31. The fourth-order valence-electron chi connectivity index (χ4n) is 1.45.